The van der Waals surface area contributed by atoms with Gasteiger partial charge in [0.25, 0.3) is 5.91 Å². The number of carbonyl (C=O) groups is 1. The number of ether oxygens (including phenoxy) is 1. The van der Waals surface area contributed by atoms with Crippen molar-refractivity contribution in [1.82, 2.24) is 10.2 Å². The molecule has 1 fully saturated rings. The highest BCUT2D eigenvalue weighted by molar-refractivity contribution is 5.92. The molecule has 1 rings (SSSR count). The zero-order chi connectivity index (χ0) is 11.1. The Hall–Kier alpha value is -1.05. The molecule has 1 unspecified atom stereocenters. The summed E-state index contributed by atoms with van der Waals surface area (Å²) in [6, 6.07) is 0.388. The van der Waals surface area contributed by atoms with Crippen molar-refractivity contribution >= 4 is 5.91 Å². The third-order valence-corrected chi connectivity index (χ3v) is 2.58. The van der Waals surface area contributed by atoms with Gasteiger partial charge in [-0.3, -0.25) is 4.79 Å². The second-order valence-electron chi connectivity index (χ2n) is 3.68. The summed E-state index contributed by atoms with van der Waals surface area (Å²) in [4.78, 5) is 13.1. The van der Waals surface area contributed by atoms with Gasteiger partial charge in [-0.2, -0.15) is 0 Å². The fraction of sp³-hybridized carbons (Fsp3) is 0.727. The van der Waals surface area contributed by atoms with Gasteiger partial charge in [0.2, 0.25) is 0 Å². The van der Waals surface area contributed by atoms with E-state index in [0.717, 1.165) is 13.0 Å². The molecule has 4 nitrogen and oxygen atoms in total. The van der Waals surface area contributed by atoms with Gasteiger partial charge >= 0.3 is 0 Å². The fourth-order valence-corrected chi connectivity index (χ4v) is 1.75. The molecule has 0 radical (unpaired) electrons. The van der Waals surface area contributed by atoms with E-state index < -0.39 is 0 Å². The van der Waals surface area contributed by atoms with E-state index in [1.54, 1.807) is 12.0 Å². The maximum atomic E-state index is 11.4. The zero-order valence-corrected chi connectivity index (χ0v) is 9.16. The largest absolute Gasteiger partial charge is 0.383 e. The molecule has 0 aromatic rings. The van der Waals surface area contributed by atoms with Crippen LogP contribution in [0.2, 0.25) is 0 Å². The molecule has 15 heavy (non-hydrogen) atoms. The number of amides is 1. The molecule has 1 heterocycles. The number of terminal acetylenes is 1. The molecule has 0 aliphatic carbocycles. The maximum Gasteiger partial charge on any atom is 0.298 e. The predicted molar refractivity (Wildman–Crippen MR) is 58.3 cm³/mol. The summed E-state index contributed by atoms with van der Waals surface area (Å²) in [6.45, 7) is 2.82. The third kappa shape index (κ3) is 3.90. The van der Waals surface area contributed by atoms with Gasteiger partial charge in [-0.15, -0.1) is 6.42 Å². The minimum absolute atomic E-state index is 0.249. The van der Waals surface area contributed by atoms with Crippen LogP contribution in [0.15, 0.2) is 0 Å². The van der Waals surface area contributed by atoms with Crippen LogP contribution in [-0.2, 0) is 9.53 Å². The molecule has 4 heteroatoms. The second-order valence-corrected chi connectivity index (χ2v) is 3.68. The Morgan fingerprint density at radius 3 is 3.07 bits per heavy atom. The first-order valence-electron chi connectivity index (χ1n) is 5.25. The summed E-state index contributed by atoms with van der Waals surface area (Å²) in [6.07, 6.45) is 7.40. The number of methoxy groups -OCH3 is 1. The topological polar surface area (TPSA) is 41.6 Å². The summed E-state index contributed by atoms with van der Waals surface area (Å²) in [5.41, 5.74) is 0. The maximum absolute atomic E-state index is 11.4. The summed E-state index contributed by atoms with van der Waals surface area (Å²) in [5.74, 6) is 1.90. The zero-order valence-electron chi connectivity index (χ0n) is 9.16. The summed E-state index contributed by atoms with van der Waals surface area (Å²) < 4.78 is 4.95. The number of hydrogen-bond donors (Lipinski definition) is 1. The van der Waals surface area contributed by atoms with Crippen LogP contribution in [0.1, 0.15) is 12.8 Å². The summed E-state index contributed by atoms with van der Waals surface area (Å²) in [5, 5.41) is 3.34. The Labute approximate surface area is 91.0 Å². The molecule has 1 aliphatic rings. The standard InChI is InChI=1S/C11H18N2O2/c1-3-11(14)13(7-8-15-2)9-10-5-4-6-12-10/h1,10,12H,4-9H2,2H3. The van der Waals surface area contributed by atoms with E-state index in [1.807, 2.05) is 0 Å². The molecule has 1 atom stereocenters. The molecule has 0 spiro atoms. The molecule has 84 valence electrons. The van der Waals surface area contributed by atoms with Gasteiger partial charge in [-0.1, -0.05) is 0 Å². The Kier molecular flexibility index (Phi) is 5.16. The van der Waals surface area contributed by atoms with Crippen LogP contribution in [0.5, 0.6) is 0 Å². The lowest BCUT2D eigenvalue weighted by Crippen LogP contribution is -2.42. The number of carbonyl (C=O) groups excluding carboxylic acids is 1. The average molecular weight is 210 g/mol. The number of hydrogen-bond acceptors (Lipinski definition) is 3. The average Bonchev–Trinajstić information content (AvgIpc) is 2.75. The molecule has 1 amide bonds. The van der Waals surface area contributed by atoms with E-state index >= 15 is 0 Å². The van der Waals surface area contributed by atoms with Crippen molar-refractivity contribution in [3.8, 4) is 12.3 Å². The highest BCUT2D eigenvalue weighted by Crippen LogP contribution is 2.06. The van der Waals surface area contributed by atoms with Gasteiger partial charge in [0.05, 0.1) is 6.61 Å². The van der Waals surface area contributed by atoms with Crippen LogP contribution in [0.4, 0.5) is 0 Å². The van der Waals surface area contributed by atoms with Crippen LogP contribution in [0.3, 0.4) is 0 Å². The number of nitrogens with one attached hydrogen (secondary N) is 1. The van der Waals surface area contributed by atoms with Gasteiger partial charge < -0.3 is 15.0 Å². The summed E-state index contributed by atoms with van der Waals surface area (Å²) >= 11 is 0. The molecule has 1 N–H and O–H groups in total. The Bertz CT molecular complexity index is 241. The fourth-order valence-electron chi connectivity index (χ4n) is 1.75. The van der Waals surface area contributed by atoms with Crippen molar-refractivity contribution in [2.75, 3.05) is 33.4 Å². The lowest BCUT2D eigenvalue weighted by Gasteiger charge is -2.23. The van der Waals surface area contributed by atoms with Gasteiger partial charge in [0.1, 0.15) is 0 Å². The highest BCUT2D eigenvalue weighted by atomic mass is 16.5. The van der Waals surface area contributed by atoms with E-state index in [2.05, 4.69) is 11.2 Å². The SMILES string of the molecule is C#CC(=O)N(CCOC)CC1CCCN1. The first-order chi connectivity index (χ1) is 7.27. The quantitative estimate of drug-likeness (QED) is 0.641. The third-order valence-electron chi connectivity index (χ3n) is 2.58. The van der Waals surface area contributed by atoms with Crippen LogP contribution in [0.25, 0.3) is 0 Å². The Balaban J connectivity index is 2.40. The van der Waals surface area contributed by atoms with Crippen molar-refractivity contribution in [2.24, 2.45) is 0 Å². The van der Waals surface area contributed by atoms with Crippen molar-refractivity contribution in [1.29, 1.82) is 0 Å². The first-order valence-corrected chi connectivity index (χ1v) is 5.25. The van der Waals surface area contributed by atoms with Crippen LogP contribution in [-0.4, -0.2) is 50.2 Å². The lowest BCUT2D eigenvalue weighted by atomic mass is 10.2. The Morgan fingerprint density at radius 1 is 1.73 bits per heavy atom. The van der Waals surface area contributed by atoms with Crippen LogP contribution >= 0.6 is 0 Å². The van der Waals surface area contributed by atoms with Crippen molar-refractivity contribution < 1.29 is 9.53 Å². The number of rotatable bonds is 5. The van der Waals surface area contributed by atoms with Crippen molar-refractivity contribution in [3.63, 3.8) is 0 Å². The van der Waals surface area contributed by atoms with Gasteiger partial charge in [0, 0.05) is 26.2 Å². The van der Waals surface area contributed by atoms with Crippen molar-refractivity contribution in [3.05, 3.63) is 0 Å². The highest BCUT2D eigenvalue weighted by Gasteiger charge is 2.19. The molecule has 0 saturated carbocycles. The van der Waals surface area contributed by atoms with E-state index in [-0.39, 0.29) is 5.91 Å². The monoisotopic (exact) mass is 210 g/mol. The van der Waals surface area contributed by atoms with Gasteiger partial charge in [-0.05, 0) is 25.3 Å². The van der Waals surface area contributed by atoms with E-state index in [1.165, 1.54) is 6.42 Å². The normalized spacial score (nSPS) is 19.9. The molecule has 1 aliphatic heterocycles. The van der Waals surface area contributed by atoms with E-state index in [0.29, 0.717) is 25.7 Å². The molecule has 0 aromatic heterocycles. The summed E-state index contributed by atoms with van der Waals surface area (Å²) in [7, 11) is 1.62. The minimum atomic E-state index is -0.249. The molecular formula is C11H18N2O2. The van der Waals surface area contributed by atoms with E-state index in [9.17, 15) is 4.79 Å². The van der Waals surface area contributed by atoms with Gasteiger partial charge in [0.15, 0.2) is 0 Å². The van der Waals surface area contributed by atoms with Crippen molar-refractivity contribution in [2.45, 2.75) is 18.9 Å². The minimum Gasteiger partial charge on any atom is -0.383 e. The van der Waals surface area contributed by atoms with Crippen LogP contribution in [0, 0.1) is 12.3 Å². The number of nitrogens with zero attached hydrogens (tertiary/aromatic N) is 1. The smallest absolute Gasteiger partial charge is 0.298 e. The lowest BCUT2D eigenvalue weighted by molar-refractivity contribution is -0.126. The van der Waals surface area contributed by atoms with Gasteiger partial charge in [-0.25, -0.2) is 0 Å². The first kappa shape index (κ1) is 12.0. The van der Waals surface area contributed by atoms with E-state index in [4.69, 9.17) is 11.2 Å². The van der Waals surface area contributed by atoms with Crippen LogP contribution < -0.4 is 5.32 Å². The Morgan fingerprint density at radius 2 is 2.53 bits per heavy atom. The second kappa shape index (κ2) is 6.44. The molecule has 0 aromatic carbocycles. The molecule has 1 saturated heterocycles. The molecule has 0 bridgehead atoms. The molecular weight excluding hydrogens is 192 g/mol. The predicted octanol–water partition coefficient (Wildman–Crippen LogP) is -0.153.